The quantitative estimate of drug-likeness (QED) is 0.831. The molecule has 6 heteroatoms. The Balaban J connectivity index is 1.61. The van der Waals surface area contributed by atoms with E-state index in [1.54, 1.807) is 34.2 Å². The molecule has 0 unspecified atom stereocenters. The first kappa shape index (κ1) is 14.3. The number of rotatable bonds is 2. The molecule has 1 aliphatic rings. The summed E-state index contributed by atoms with van der Waals surface area (Å²) in [5.41, 5.74) is 1.14. The van der Waals surface area contributed by atoms with E-state index in [0.29, 0.717) is 37.4 Å². The number of carbonyl (C=O) groups excluding carboxylic acids is 2. The minimum absolute atomic E-state index is 0.0190. The number of amides is 2. The Hall–Kier alpha value is -2.63. The van der Waals surface area contributed by atoms with Gasteiger partial charge in [0.25, 0.3) is 11.8 Å². The maximum atomic E-state index is 12.4. The maximum Gasteiger partial charge on any atom is 0.272 e. The monoisotopic (exact) mass is 298 g/mol. The van der Waals surface area contributed by atoms with Crippen LogP contribution in [0.1, 0.15) is 20.8 Å². The van der Waals surface area contributed by atoms with E-state index in [2.05, 4.69) is 4.98 Å². The summed E-state index contributed by atoms with van der Waals surface area (Å²) in [5.74, 6) is -0.0575. The van der Waals surface area contributed by atoms with Crippen LogP contribution in [0.3, 0.4) is 0 Å². The van der Waals surface area contributed by atoms with E-state index in [9.17, 15) is 9.59 Å². The Morgan fingerprint density at radius 1 is 1.00 bits per heavy atom. The summed E-state index contributed by atoms with van der Waals surface area (Å²) in [6.45, 7) is 2.17. The molecule has 22 heavy (non-hydrogen) atoms. The van der Waals surface area contributed by atoms with Crippen molar-refractivity contribution in [2.24, 2.45) is 7.05 Å². The molecule has 1 aliphatic heterocycles. The number of piperazine rings is 1. The molecule has 1 fully saturated rings. The smallest absolute Gasteiger partial charge is 0.272 e. The summed E-state index contributed by atoms with van der Waals surface area (Å²) in [6.07, 6.45) is 5.28. The summed E-state index contributed by atoms with van der Waals surface area (Å²) in [6, 6.07) is 7.11. The number of aryl methyl sites for hydroxylation is 1. The van der Waals surface area contributed by atoms with Crippen molar-refractivity contribution in [3.8, 4) is 0 Å². The molecule has 0 aliphatic carbocycles. The van der Waals surface area contributed by atoms with Crippen LogP contribution in [0.5, 0.6) is 0 Å². The van der Waals surface area contributed by atoms with E-state index in [0.717, 1.165) is 0 Å². The van der Waals surface area contributed by atoms with Crippen molar-refractivity contribution in [2.45, 2.75) is 0 Å². The normalized spacial score (nSPS) is 15.0. The lowest BCUT2D eigenvalue weighted by atomic mass is 10.2. The number of aromatic nitrogens is 2. The molecule has 2 aromatic heterocycles. The Labute approximate surface area is 129 Å². The van der Waals surface area contributed by atoms with Crippen LogP contribution in [0, 0.1) is 0 Å². The molecular formula is C16H18N4O2. The molecule has 0 N–H and O–H groups in total. The van der Waals surface area contributed by atoms with E-state index in [4.69, 9.17) is 0 Å². The van der Waals surface area contributed by atoms with Crippen LogP contribution in [-0.4, -0.2) is 57.3 Å². The average Bonchev–Trinajstić information content (AvgIpc) is 3.01. The zero-order valence-electron chi connectivity index (χ0n) is 12.5. The van der Waals surface area contributed by atoms with Gasteiger partial charge in [-0.05, 0) is 18.2 Å². The second-order valence-corrected chi connectivity index (χ2v) is 5.37. The van der Waals surface area contributed by atoms with Gasteiger partial charge in [-0.2, -0.15) is 0 Å². The summed E-state index contributed by atoms with van der Waals surface area (Å²) in [4.78, 5) is 32.3. The van der Waals surface area contributed by atoms with Gasteiger partial charge in [0.05, 0.1) is 5.56 Å². The Kier molecular flexibility index (Phi) is 3.91. The molecule has 0 radical (unpaired) electrons. The van der Waals surface area contributed by atoms with Gasteiger partial charge < -0.3 is 14.4 Å². The van der Waals surface area contributed by atoms with Crippen LogP contribution in [-0.2, 0) is 7.05 Å². The highest BCUT2D eigenvalue weighted by atomic mass is 16.2. The van der Waals surface area contributed by atoms with E-state index in [1.165, 1.54) is 0 Å². The van der Waals surface area contributed by atoms with Crippen molar-refractivity contribution in [2.75, 3.05) is 26.2 Å². The molecule has 0 aromatic carbocycles. The number of carbonyl (C=O) groups is 2. The van der Waals surface area contributed by atoms with Gasteiger partial charge in [-0.25, -0.2) is 0 Å². The number of hydrogen-bond donors (Lipinski definition) is 0. The minimum Gasteiger partial charge on any atom is -0.356 e. The molecule has 2 aromatic rings. The van der Waals surface area contributed by atoms with Crippen LogP contribution in [0.25, 0.3) is 0 Å². The Morgan fingerprint density at radius 3 is 2.23 bits per heavy atom. The van der Waals surface area contributed by atoms with Gasteiger partial charge in [0.1, 0.15) is 5.69 Å². The molecule has 0 saturated carbocycles. The number of pyridine rings is 1. The summed E-state index contributed by atoms with van der Waals surface area (Å²) < 4.78 is 1.86. The molecule has 0 spiro atoms. The molecule has 0 atom stereocenters. The van der Waals surface area contributed by atoms with Crippen LogP contribution >= 0.6 is 0 Å². The largest absolute Gasteiger partial charge is 0.356 e. The van der Waals surface area contributed by atoms with E-state index >= 15 is 0 Å². The zero-order chi connectivity index (χ0) is 15.5. The molecule has 0 bridgehead atoms. The highest BCUT2D eigenvalue weighted by Gasteiger charge is 2.26. The molecule has 3 rings (SSSR count). The second kappa shape index (κ2) is 6.01. The van der Waals surface area contributed by atoms with Gasteiger partial charge in [0.15, 0.2) is 0 Å². The third-order valence-corrected chi connectivity index (χ3v) is 3.82. The molecule has 1 saturated heterocycles. The fourth-order valence-corrected chi connectivity index (χ4v) is 2.58. The van der Waals surface area contributed by atoms with Crippen LogP contribution in [0.2, 0.25) is 0 Å². The van der Waals surface area contributed by atoms with Crippen molar-refractivity contribution >= 4 is 11.8 Å². The highest BCUT2D eigenvalue weighted by Crippen LogP contribution is 2.11. The van der Waals surface area contributed by atoms with Gasteiger partial charge in [0, 0.05) is 51.8 Å². The fraction of sp³-hybridized carbons (Fsp3) is 0.312. The minimum atomic E-state index is -0.0765. The lowest BCUT2D eigenvalue weighted by molar-refractivity contribution is 0.0532. The van der Waals surface area contributed by atoms with E-state index in [1.807, 2.05) is 30.1 Å². The first-order valence-electron chi connectivity index (χ1n) is 7.27. The van der Waals surface area contributed by atoms with Crippen LogP contribution in [0.4, 0.5) is 0 Å². The van der Waals surface area contributed by atoms with E-state index in [-0.39, 0.29) is 11.8 Å². The predicted molar refractivity (Wildman–Crippen MR) is 81.5 cm³/mol. The first-order chi connectivity index (χ1) is 10.6. The summed E-state index contributed by atoms with van der Waals surface area (Å²) >= 11 is 0. The van der Waals surface area contributed by atoms with Crippen molar-refractivity contribution < 1.29 is 9.59 Å². The van der Waals surface area contributed by atoms with Gasteiger partial charge in [-0.15, -0.1) is 0 Å². The lowest BCUT2D eigenvalue weighted by Crippen LogP contribution is -2.50. The fourth-order valence-electron chi connectivity index (χ4n) is 2.58. The summed E-state index contributed by atoms with van der Waals surface area (Å²) in [5, 5.41) is 0. The predicted octanol–water partition coefficient (Wildman–Crippen LogP) is 1.02. The van der Waals surface area contributed by atoms with Gasteiger partial charge in [-0.1, -0.05) is 6.07 Å². The van der Waals surface area contributed by atoms with Crippen LogP contribution < -0.4 is 0 Å². The third-order valence-electron chi connectivity index (χ3n) is 3.82. The van der Waals surface area contributed by atoms with Gasteiger partial charge in [0.2, 0.25) is 0 Å². The van der Waals surface area contributed by atoms with Crippen molar-refractivity contribution in [1.82, 2.24) is 19.4 Å². The van der Waals surface area contributed by atoms with Gasteiger partial charge >= 0.3 is 0 Å². The van der Waals surface area contributed by atoms with Gasteiger partial charge in [-0.3, -0.25) is 14.6 Å². The van der Waals surface area contributed by atoms with Crippen molar-refractivity contribution in [3.05, 3.63) is 54.1 Å². The SMILES string of the molecule is Cn1ccc(C(=O)N2CCN(C(=O)c3ccccn3)CC2)c1. The van der Waals surface area contributed by atoms with Crippen molar-refractivity contribution in [3.63, 3.8) is 0 Å². The first-order valence-corrected chi connectivity index (χ1v) is 7.27. The zero-order valence-corrected chi connectivity index (χ0v) is 12.5. The Morgan fingerprint density at radius 2 is 1.68 bits per heavy atom. The number of nitrogens with zero attached hydrogens (tertiary/aromatic N) is 4. The summed E-state index contributed by atoms with van der Waals surface area (Å²) in [7, 11) is 1.89. The maximum absolute atomic E-state index is 12.4. The van der Waals surface area contributed by atoms with E-state index < -0.39 is 0 Å². The third kappa shape index (κ3) is 2.86. The second-order valence-electron chi connectivity index (χ2n) is 5.37. The molecule has 3 heterocycles. The topological polar surface area (TPSA) is 58.4 Å². The molecule has 2 amide bonds. The van der Waals surface area contributed by atoms with Crippen molar-refractivity contribution in [1.29, 1.82) is 0 Å². The lowest BCUT2D eigenvalue weighted by Gasteiger charge is -2.34. The highest BCUT2D eigenvalue weighted by molar-refractivity contribution is 5.95. The standard InChI is InChI=1S/C16H18N4O2/c1-18-7-5-13(12-18)15(21)19-8-10-20(11-9-19)16(22)14-4-2-3-6-17-14/h2-7,12H,8-11H2,1H3. The molecule has 114 valence electrons. The molecular weight excluding hydrogens is 280 g/mol. The average molecular weight is 298 g/mol. The Bertz CT molecular complexity index is 672. The molecule has 6 nitrogen and oxygen atoms in total. The van der Waals surface area contributed by atoms with Crippen LogP contribution in [0.15, 0.2) is 42.9 Å². The number of hydrogen-bond acceptors (Lipinski definition) is 3.